The average Bonchev–Trinajstić information content (AvgIpc) is 2.80. The van der Waals surface area contributed by atoms with Gasteiger partial charge in [-0.2, -0.15) is 0 Å². The highest BCUT2D eigenvalue weighted by Gasteiger charge is 2.30. The van der Waals surface area contributed by atoms with Crippen LogP contribution in [0.1, 0.15) is 38.2 Å². The Kier molecular flexibility index (Phi) is 5.90. The Hall–Kier alpha value is -0.100. The van der Waals surface area contributed by atoms with E-state index in [9.17, 15) is 5.11 Å². The standard InChI is InChI=1S/C15H21Br2NO2/c1-2-20-14-11(7-12(16)8-13(14)17)9-18-10-15(19)5-3-4-6-15/h7-8,18-19H,2-6,9-10H2,1H3. The highest BCUT2D eigenvalue weighted by molar-refractivity contribution is 9.11. The van der Waals surface area contributed by atoms with Gasteiger partial charge in [-0.1, -0.05) is 28.8 Å². The summed E-state index contributed by atoms with van der Waals surface area (Å²) < 4.78 is 7.67. The van der Waals surface area contributed by atoms with Crippen molar-refractivity contribution in [3.8, 4) is 5.75 Å². The monoisotopic (exact) mass is 405 g/mol. The summed E-state index contributed by atoms with van der Waals surface area (Å²) in [6, 6.07) is 4.04. The third-order valence-corrected chi connectivity index (χ3v) is 4.72. The highest BCUT2D eigenvalue weighted by Crippen LogP contribution is 2.33. The molecule has 0 saturated heterocycles. The number of nitrogens with one attached hydrogen (secondary N) is 1. The fourth-order valence-corrected chi connectivity index (χ4v) is 4.12. The second-order valence-electron chi connectivity index (χ2n) is 5.34. The quantitative estimate of drug-likeness (QED) is 0.749. The SMILES string of the molecule is CCOc1c(Br)cc(Br)cc1CNCC1(O)CCCC1. The smallest absolute Gasteiger partial charge is 0.138 e. The van der Waals surface area contributed by atoms with Gasteiger partial charge in [0.1, 0.15) is 5.75 Å². The van der Waals surface area contributed by atoms with Crippen LogP contribution in [0.3, 0.4) is 0 Å². The highest BCUT2D eigenvalue weighted by atomic mass is 79.9. The molecule has 1 aromatic carbocycles. The summed E-state index contributed by atoms with van der Waals surface area (Å²) in [6.07, 6.45) is 4.07. The summed E-state index contributed by atoms with van der Waals surface area (Å²) in [7, 11) is 0. The molecule has 1 saturated carbocycles. The summed E-state index contributed by atoms with van der Waals surface area (Å²) >= 11 is 7.04. The second-order valence-corrected chi connectivity index (χ2v) is 7.11. The Balaban J connectivity index is 2.01. The van der Waals surface area contributed by atoms with Crippen LogP contribution in [0.15, 0.2) is 21.1 Å². The van der Waals surface area contributed by atoms with Crippen molar-refractivity contribution >= 4 is 31.9 Å². The van der Waals surface area contributed by atoms with Gasteiger partial charge in [0, 0.05) is 23.1 Å². The first kappa shape index (κ1) is 16.3. The Bertz CT molecular complexity index is 459. The number of aliphatic hydroxyl groups is 1. The minimum absolute atomic E-state index is 0.519. The topological polar surface area (TPSA) is 41.5 Å². The fraction of sp³-hybridized carbons (Fsp3) is 0.600. The molecule has 0 aliphatic heterocycles. The van der Waals surface area contributed by atoms with E-state index in [2.05, 4.69) is 43.2 Å². The van der Waals surface area contributed by atoms with Gasteiger partial charge in [0.15, 0.2) is 0 Å². The minimum Gasteiger partial charge on any atom is -0.492 e. The summed E-state index contributed by atoms with van der Waals surface area (Å²) in [5.74, 6) is 0.876. The van der Waals surface area contributed by atoms with Gasteiger partial charge in [-0.25, -0.2) is 0 Å². The van der Waals surface area contributed by atoms with E-state index in [1.165, 1.54) is 0 Å². The Labute approximate surface area is 137 Å². The lowest BCUT2D eigenvalue weighted by molar-refractivity contribution is 0.0474. The molecule has 1 aromatic rings. The molecule has 0 atom stereocenters. The third-order valence-electron chi connectivity index (χ3n) is 3.68. The van der Waals surface area contributed by atoms with Crippen molar-refractivity contribution in [2.75, 3.05) is 13.2 Å². The van der Waals surface area contributed by atoms with Gasteiger partial charge in [0.05, 0.1) is 16.7 Å². The molecule has 1 aliphatic rings. The van der Waals surface area contributed by atoms with Gasteiger partial charge in [0.2, 0.25) is 0 Å². The van der Waals surface area contributed by atoms with Crippen molar-refractivity contribution in [2.24, 2.45) is 0 Å². The molecule has 0 heterocycles. The molecule has 0 spiro atoms. The maximum atomic E-state index is 10.3. The molecule has 0 aromatic heterocycles. The van der Waals surface area contributed by atoms with E-state index in [0.29, 0.717) is 19.7 Å². The number of rotatable bonds is 6. The second kappa shape index (κ2) is 7.25. The van der Waals surface area contributed by atoms with Crippen molar-refractivity contribution in [1.82, 2.24) is 5.32 Å². The van der Waals surface area contributed by atoms with Gasteiger partial charge in [-0.3, -0.25) is 0 Å². The molecule has 0 amide bonds. The number of ether oxygens (including phenoxy) is 1. The zero-order valence-corrected chi connectivity index (χ0v) is 14.9. The molecule has 112 valence electrons. The maximum Gasteiger partial charge on any atom is 0.138 e. The number of halogens is 2. The molecule has 0 bridgehead atoms. The molecule has 1 fully saturated rings. The van der Waals surface area contributed by atoms with Crippen LogP contribution < -0.4 is 10.1 Å². The Morgan fingerprint density at radius 2 is 2.00 bits per heavy atom. The van der Waals surface area contributed by atoms with E-state index >= 15 is 0 Å². The maximum absolute atomic E-state index is 10.3. The molecule has 5 heteroatoms. The summed E-state index contributed by atoms with van der Waals surface area (Å²) in [6.45, 7) is 3.95. The zero-order chi connectivity index (χ0) is 14.6. The molecule has 20 heavy (non-hydrogen) atoms. The van der Waals surface area contributed by atoms with Crippen LogP contribution >= 0.6 is 31.9 Å². The summed E-state index contributed by atoms with van der Waals surface area (Å²) in [5.41, 5.74) is 0.573. The van der Waals surface area contributed by atoms with Crippen molar-refractivity contribution in [3.05, 3.63) is 26.6 Å². The molecular formula is C15H21Br2NO2. The van der Waals surface area contributed by atoms with Crippen LogP contribution in [0, 0.1) is 0 Å². The van der Waals surface area contributed by atoms with E-state index in [1.807, 2.05) is 13.0 Å². The molecule has 2 rings (SSSR count). The minimum atomic E-state index is -0.519. The van der Waals surface area contributed by atoms with Crippen LogP contribution in [0.2, 0.25) is 0 Å². The first-order valence-electron chi connectivity index (χ1n) is 7.08. The summed E-state index contributed by atoms with van der Waals surface area (Å²) in [4.78, 5) is 0. The predicted molar refractivity (Wildman–Crippen MR) is 88.1 cm³/mol. The van der Waals surface area contributed by atoms with E-state index in [-0.39, 0.29) is 0 Å². The van der Waals surface area contributed by atoms with Crippen molar-refractivity contribution < 1.29 is 9.84 Å². The first-order chi connectivity index (χ1) is 9.54. The average molecular weight is 407 g/mol. The fourth-order valence-electron chi connectivity index (χ4n) is 2.69. The van der Waals surface area contributed by atoms with Gasteiger partial charge < -0.3 is 15.2 Å². The Morgan fingerprint density at radius 1 is 1.30 bits per heavy atom. The van der Waals surface area contributed by atoms with Crippen LogP contribution in [0.5, 0.6) is 5.75 Å². The first-order valence-corrected chi connectivity index (χ1v) is 8.66. The lowest BCUT2D eigenvalue weighted by Crippen LogP contribution is -2.37. The van der Waals surface area contributed by atoms with Gasteiger partial charge in [-0.05, 0) is 47.8 Å². The predicted octanol–water partition coefficient (Wildman–Crippen LogP) is 4.01. The number of benzene rings is 1. The van der Waals surface area contributed by atoms with Gasteiger partial charge >= 0.3 is 0 Å². The largest absolute Gasteiger partial charge is 0.492 e. The number of hydrogen-bond acceptors (Lipinski definition) is 3. The van der Waals surface area contributed by atoms with Crippen molar-refractivity contribution in [3.63, 3.8) is 0 Å². The molecule has 0 radical (unpaired) electrons. The van der Waals surface area contributed by atoms with Crippen molar-refractivity contribution in [1.29, 1.82) is 0 Å². The molecule has 2 N–H and O–H groups in total. The summed E-state index contributed by atoms with van der Waals surface area (Å²) in [5, 5.41) is 13.7. The zero-order valence-electron chi connectivity index (χ0n) is 11.7. The van der Waals surface area contributed by atoms with E-state index in [4.69, 9.17) is 4.74 Å². The van der Waals surface area contributed by atoms with Crippen LogP contribution in [0.25, 0.3) is 0 Å². The van der Waals surface area contributed by atoms with Crippen LogP contribution in [-0.2, 0) is 6.54 Å². The third kappa shape index (κ3) is 4.20. The van der Waals surface area contributed by atoms with Crippen LogP contribution in [-0.4, -0.2) is 23.9 Å². The van der Waals surface area contributed by atoms with Gasteiger partial charge in [0.25, 0.3) is 0 Å². The lowest BCUT2D eigenvalue weighted by atomic mass is 10.0. The van der Waals surface area contributed by atoms with Crippen molar-refractivity contribution in [2.45, 2.75) is 44.8 Å². The van der Waals surface area contributed by atoms with Crippen LogP contribution in [0.4, 0.5) is 0 Å². The molecule has 1 aliphatic carbocycles. The Morgan fingerprint density at radius 3 is 2.65 bits per heavy atom. The van der Waals surface area contributed by atoms with Gasteiger partial charge in [-0.15, -0.1) is 0 Å². The lowest BCUT2D eigenvalue weighted by Gasteiger charge is -2.23. The van der Waals surface area contributed by atoms with E-state index in [0.717, 1.165) is 45.9 Å². The molecule has 3 nitrogen and oxygen atoms in total. The normalized spacial score (nSPS) is 17.4. The number of hydrogen-bond donors (Lipinski definition) is 2. The van der Waals surface area contributed by atoms with E-state index < -0.39 is 5.60 Å². The molecule has 0 unspecified atom stereocenters. The van der Waals surface area contributed by atoms with E-state index in [1.54, 1.807) is 0 Å². The molecular weight excluding hydrogens is 386 g/mol.